The van der Waals surface area contributed by atoms with Crippen LogP contribution in [0.15, 0.2) is 65.2 Å². The monoisotopic (exact) mass is 335 g/mol. The lowest BCUT2D eigenvalue weighted by atomic mass is 10.1. The van der Waals surface area contributed by atoms with Crippen LogP contribution in [0.4, 0.5) is 5.88 Å². The third-order valence-electron chi connectivity index (χ3n) is 4.43. The van der Waals surface area contributed by atoms with Crippen molar-refractivity contribution in [3.63, 3.8) is 0 Å². The van der Waals surface area contributed by atoms with E-state index >= 15 is 0 Å². The van der Waals surface area contributed by atoms with Crippen LogP contribution in [0.1, 0.15) is 29.4 Å². The molecular formula is C20H21N3O2. The zero-order valence-corrected chi connectivity index (χ0v) is 13.9. The van der Waals surface area contributed by atoms with Gasteiger partial charge in [-0.15, -0.1) is 0 Å². The Bertz CT molecular complexity index is 814. The van der Waals surface area contributed by atoms with E-state index in [4.69, 9.17) is 14.9 Å². The van der Waals surface area contributed by atoms with Gasteiger partial charge in [0, 0.05) is 12.0 Å². The highest BCUT2D eigenvalue weighted by Gasteiger charge is 2.37. The van der Waals surface area contributed by atoms with Gasteiger partial charge in [-0.1, -0.05) is 42.5 Å². The van der Waals surface area contributed by atoms with Crippen molar-refractivity contribution in [2.45, 2.75) is 31.5 Å². The minimum absolute atomic E-state index is 0.357. The first-order chi connectivity index (χ1) is 12.3. The molecule has 0 saturated heterocycles. The first-order valence-corrected chi connectivity index (χ1v) is 8.48. The summed E-state index contributed by atoms with van der Waals surface area (Å²) in [4.78, 5) is 4.10. The topological polar surface area (TPSA) is 73.3 Å². The van der Waals surface area contributed by atoms with Crippen molar-refractivity contribution in [3.05, 3.63) is 77.8 Å². The van der Waals surface area contributed by atoms with Crippen molar-refractivity contribution in [2.75, 3.05) is 5.73 Å². The van der Waals surface area contributed by atoms with Gasteiger partial charge in [-0.3, -0.25) is 0 Å². The molecule has 1 saturated carbocycles. The summed E-state index contributed by atoms with van der Waals surface area (Å²) < 4.78 is 11.1. The van der Waals surface area contributed by atoms with Gasteiger partial charge < -0.3 is 20.2 Å². The zero-order chi connectivity index (χ0) is 17.1. The third kappa shape index (κ3) is 4.00. The second-order valence-electron chi connectivity index (χ2n) is 6.33. The van der Waals surface area contributed by atoms with Crippen molar-refractivity contribution in [2.24, 2.45) is 0 Å². The quantitative estimate of drug-likeness (QED) is 0.691. The molecule has 1 aromatic heterocycles. The molecule has 5 nitrogen and oxygen atoms in total. The lowest BCUT2D eigenvalue weighted by Gasteiger charge is -2.07. The maximum atomic E-state index is 5.83. The fraction of sp³-hybridized carbons (Fsp3) is 0.250. The number of nitrogens with zero attached hydrogens (tertiary/aromatic N) is 1. The molecule has 1 aliphatic carbocycles. The summed E-state index contributed by atoms with van der Waals surface area (Å²) in [6, 6.07) is 19.0. The van der Waals surface area contributed by atoms with Crippen LogP contribution in [0, 0.1) is 0 Å². The highest BCUT2D eigenvalue weighted by molar-refractivity contribution is 5.34. The number of anilines is 1. The maximum Gasteiger partial charge on any atom is 0.211 e. The molecular weight excluding hydrogens is 314 g/mol. The number of nitrogens with one attached hydrogen (secondary N) is 1. The molecule has 3 N–H and O–H groups in total. The fourth-order valence-electron chi connectivity index (χ4n) is 2.97. The van der Waals surface area contributed by atoms with Gasteiger partial charge >= 0.3 is 0 Å². The van der Waals surface area contributed by atoms with Crippen LogP contribution < -0.4 is 15.8 Å². The predicted molar refractivity (Wildman–Crippen MR) is 96.1 cm³/mol. The third-order valence-corrected chi connectivity index (χ3v) is 4.43. The van der Waals surface area contributed by atoms with Gasteiger partial charge in [-0.05, 0) is 29.7 Å². The summed E-state index contributed by atoms with van der Waals surface area (Å²) in [6.45, 7) is 1.20. The number of nitrogen functional groups attached to an aromatic ring is 1. The second-order valence-corrected chi connectivity index (χ2v) is 6.33. The number of hydrogen-bond acceptors (Lipinski definition) is 5. The van der Waals surface area contributed by atoms with Crippen molar-refractivity contribution in [1.29, 1.82) is 0 Å². The highest BCUT2D eigenvalue weighted by atomic mass is 16.5. The van der Waals surface area contributed by atoms with Gasteiger partial charge in [0.1, 0.15) is 12.4 Å². The molecule has 2 aromatic carbocycles. The molecule has 0 aliphatic heterocycles. The fourth-order valence-corrected chi connectivity index (χ4v) is 2.97. The van der Waals surface area contributed by atoms with E-state index in [1.807, 2.05) is 30.3 Å². The minimum atomic E-state index is 0.357. The molecule has 0 bridgehead atoms. The van der Waals surface area contributed by atoms with Crippen LogP contribution in [0.2, 0.25) is 0 Å². The number of nitrogens with two attached hydrogens (primary N) is 1. The summed E-state index contributed by atoms with van der Waals surface area (Å²) in [5.74, 6) is 2.42. The molecule has 25 heavy (non-hydrogen) atoms. The molecule has 0 radical (unpaired) electrons. The Morgan fingerprint density at radius 1 is 1.12 bits per heavy atom. The van der Waals surface area contributed by atoms with E-state index in [1.165, 1.54) is 17.3 Å². The van der Waals surface area contributed by atoms with E-state index in [0.717, 1.165) is 12.2 Å². The van der Waals surface area contributed by atoms with Crippen molar-refractivity contribution < 1.29 is 9.15 Å². The van der Waals surface area contributed by atoms with Crippen molar-refractivity contribution in [1.82, 2.24) is 10.3 Å². The van der Waals surface area contributed by atoms with Crippen LogP contribution >= 0.6 is 0 Å². The molecule has 0 spiro atoms. The molecule has 4 rings (SSSR count). The Morgan fingerprint density at radius 2 is 1.92 bits per heavy atom. The zero-order valence-electron chi connectivity index (χ0n) is 13.9. The normalized spacial score (nSPS) is 18.9. The number of hydrogen-bond donors (Lipinski definition) is 2. The summed E-state index contributed by atoms with van der Waals surface area (Å²) >= 11 is 0. The summed E-state index contributed by atoms with van der Waals surface area (Å²) in [7, 11) is 0. The van der Waals surface area contributed by atoms with Gasteiger partial charge in [0.15, 0.2) is 0 Å². The molecule has 1 aliphatic rings. The second kappa shape index (κ2) is 6.99. The summed E-state index contributed by atoms with van der Waals surface area (Å²) in [5, 5.41) is 3.45. The summed E-state index contributed by atoms with van der Waals surface area (Å²) in [6.07, 6.45) is 2.66. The first kappa shape index (κ1) is 15.7. The van der Waals surface area contributed by atoms with E-state index in [1.54, 1.807) is 0 Å². The molecule has 128 valence electrons. The van der Waals surface area contributed by atoms with E-state index in [0.29, 0.717) is 36.9 Å². The Hall–Kier alpha value is -2.79. The van der Waals surface area contributed by atoms with E-state index in [-0.39, 0.29) is 0 Å². The molecule has 2 unspecified atom stereocenters. The Morgan fingerprint density at radius 3 is 2.64 bits per heavy atom. The molecule has 2 atom stereocenters. The van der Waals surface area contributed by atoms with Gasteiger partial charge in [0.05, 0.1) is 12.7 Å². The smallest absolute Gasteiger partial charge is 0.211 e. The maximum absolute atomic E-state index is 5.83. The van der Waals surface area contributed by atoms with Crippen LogP contribution in [0.5, 0.6) is 5.75 Å². The predicted octanol–water partition coefficient (Wildman–Crippen LogP) is 3.48. The Labute approximate surface area is 146 Å². The lowest BCUT2D eigenvalue weighted by molar-refractivity contribution is 0.306. The molecule has 5 heteroatoms. The van der Waals surface area contributed by atoms with Crippen LogP contribution in [-0.2, 0) is 13.2 Å². The number of rotatable bonds is 7. The van der Waals surface area contributed by atoms with Crippen molar-refractivity contribution in [3.8, 4) is 5.75 Å². The summed E-state index contributed by atoms with van der Waals surface area (Å²) in [5.41, 5.74) is 8.03. The minimum Gasteiger partial charge on any atom is -0.489 e. The van der Waals surface area contributed by atoms with E-state index in [9.17, 15) is 0 Å². The lowest BCUT2D eigenvalue weighted by Crippen LogP contribution is -2.17. The van der Waals surface area contributed by atoms with Crippen molar-refractivity contribution >= 4 is 5.88 Å². The standard InChI is InChI=1S/C20H21N3O2/c21-19-11-23-20(25-19)12-22-18-10-17(18)15-6-8-16(9-7-15)24-13-14-4-2-1-3-5-14/h1-9,11,17-18,22H,10,12-13,21H2. The largest absolute Gasteiger partial charge is 0.489 e. The van der Waals surface area contributed by atoms with Crippen LogP contribution in [0.25, 0.3) is 0 Å². The molecule has 0 amide bonds. The van der Waals surface area contributed by atoms with Gasteiger partial charge in [-0.25, -0.2) is 4.98 Å². The number of aromatic nitrogens is 1. The van der Waals surface area contributed by atoms with Crippen LogP contribution in [-0.4, -0.2) is 11.0 Å². The van der Waals surface area contributed by atoms with E-state index in [2.05, 4.69) is 34.6 Å². The van der Waals surface area contributed by atoms with Gasteiger partial charge in [0.2, 0.25) is 11.8 Å². The average molecular weight is 335 g/mol. The number of benzene rings is 2. The molecule has 1 fully saturated rings. The van der Waals surface area contributed by atoms with Gasteiger partial charge in [0.25, 0.3) is 0 Å². The number of oxazole rings is 1. The highest BCUT2D eigenvalue weighted by Crippen LogP contribution is 2.41. The Balaban J connectivity index is 1.26. The molecule has 1 heterocycles. The average Bonchev–Trinajstić information content (AvgIpc) is 3.32. The molecule has 3 aromatic rings. The first-order valence-electron chi connectivity index (χ1n) is 8.48. The van der Waals surface area contributed by atoms with Crippen LogP contribution in [0.3, 0.4) is 0 Å². The SMILES string of the molecule is Nc1cnc(CNC2CC2c2ccc(OCc3ccccc3)cc2)o1. The van der Waals surface area contributed by atoms with E-state index < -0.39 is 0 Å². The number of ether oxygens (including phenoxy) is 1. The van der Waals surface area contributed by atoms with Gasteiger partial charge in [-0.2, -0.15) is 0 Å². The Kier molecular flexibility index (Phi) is 4.39.